The minimum absolute atomic E-state index is 0.0984. The summed E-state index contributed by atoms with van der Waals surface area (Å²) < 4.78 is 22.3. The van der Waals surface area contributed by atoms with Crippen molar-refractivity contribution in [2.75, 3.05) is 20.4 Å². The Balaban J connectivity index is 2.63. The average molecular weight is 256 g/mol. The highest BCUT2D eigenvalue weighted by Gasteiger charge is 2.12. The third-order valence-electron chi connectivity index (χ3n) is 2.45. The van der Waals surface area contributed by atoms with Gasteiger partial charge in [0.2, 0.25) is 0 Å². The number of rotatable bonds is 8. The molecule has 1 aromatic carbocycles. The molecule has 100 valence electrons. The number of unbranched alkanes of at least 4 members (excludes halogenated alkanes) is 2. The summed E-state index contributed by atoms with van der Waals surface area (Å²) in [5.41, 5.74) is 0.0984. The normalized spacial score (nSPS) is 10.1. The zero-order chi connectivity index (χ0) is 13.4. The van der Waals surface area contributed by atoms with Crippen molar-refractivity contribution in [2.24, 2.45) is 0 Å². The average Bonchev–Trinajstić information content (AvgIpc) is 2.38. The van der Waals surface area contributed by atoms with Gasteiger partial charge in [-0.05, 0) is 31.4 Å². The molecule has 0 aromatic heterocycles. The van der Waals surface area contributed by atoms with Gasteiger partial charge in [-0.25, -0.2) is 4.79 Å². The van der Waals surface area contributed by atoms with Crippen molar-refractivity contribution in [3.05, 3.63) is 23.8 Å². The van der Waals surface area contributed by atoms with E-state index in [1.165, 1.54) is 13.2 Å². The summed E-state index contributed by atoms with van der Waals surface area (Å²) in [6, 6.07) is 4.55. The van der Waals surface area contributed by atoms with Crippen LogP contribution in [0.25, 0.3) is 0 Å². The van der Waals surface area contributed by atoms with E-state index in [9.17, 15) is 9.18 Å². The number of ether oxygens (including phenoxy) is 2. The van der Waals surface area contributed by atoms with Gasteiger partial charge < -0.3 is 14.6 Å². The van der Waals surface area contributed by atoms with Crippen LogP contribution in [0, 0.1) is 0 Å². The molecule has 1 N–H and O–H groups in total. The highest BCUT2D eigenvalue weighted by molar-refractivity contribution is 5.91. The Bertz CT molecular complexity index is 393. The second-order valence-corrected chi connectivity index (χ2v) is 3.77. The number of carboxylic acid groups (broad SMARTS) is 1. The zero-order valence-electron chi connectivity index (χ0n) is 10.3. The van der Waals surface area contributed by atoms with Crippen LogP contribution < -0.4 is 9.47 Å². The van der Waals surface area contributed by atoms with Crippen molar-refractivity contribution in [1.82, 2.24) is 0 Å². The lowest BCUT2D eigenvalue weighted by Crippen LogP contribution is -2.05. The molecule has 1 rings (SSSR count). The summed E-state index contributed by atoms with van der Waals surface area (Å²) in [6.07, 6.45) is 1.93. The fourth-order valence-corrected chi connectivity index (χ4v) is 1.48. The van der Waals surface area contributed by atoms with Crippen molar-refractivity contribution in [3.8, 4) is 11.5 Å². The molecule has 5 heteroatoms. The number of halogens is 1. The van der Waals surface area contributed by atoms with Crippen LogP contribution in [0.1, 0.15) is 29.6 Å². The van der Waals surface area contributed by atoms with Gasteiger partial charge in [0, 0.05) is 6.07 Å². The first-order valence-corrected chi connectivity index (χ1v) is 5.79. The number of hydrogen-bond donors (Lipinski definition) is 1. The van der Waals surface area contributed by atoms with Gasteiger partial charge in [0.1, 0.15) is 17.1 Å². The van der Waals surface area contributed by atoms with E-state index in [0.29, 0.717) is 25.2 Å². The summed E-state index contributed by atoms with van der Waals surface area (Å²) in [7, 11) is 1.50. The van der Waals surface area contributed by atoms with Gasteiger partial charge in [-0.1, -0.05) is 0 Å². The van der Waals surface area contributed by atoms with Gasteiger partial charge in [0.15, 0.2) is 0 Å². The number of carboxylic acids is 1. The smallest absolute Gasteiger partial charge is 0.339 e. The van der Waals surface area contributed by atoms with Crippen LogP contribution in [0.5, 0.6) is 11.5 Å². The van der Waals surface area contributed by atoms with Crippen molar-refractivity contribution in [2.45, 2.75) is 19.3 Å². The van der Waals surface area contributed by atoms with E-state index < -0.39 is 5.97 Å². The maximum absolute atomic E-state index is 11.9. The molecule has 0 atom stereocenters. The van der Waals surface area contributed by atoms with E-state index in [0.717, 1.165) is 6.42 Å². The zero-order valence-corrected chi connectivity index (χ0v) is 10.3. The van der Waals surface area contributed by atoms with Gasteiger partial charge in [-0.15, -0.1) is 0 Å². The second-order valence-electron chi connectivity index (χ2n) is 3.77. The molecule has 0 aliphatic heterocycles. The number of hydrogen-bond acceptors (Lipinski definition) is 3. The standard InChI is InChI=1S/C13H17FO4/c1-17-10-5-6-11(13(15)16)12(9-10)18-8-4-2-3-7-14/h5-6,9H,2-4,7-8H2,1H3,(H,15,16). The van der Waals surface area contributed by atoms with Crippen LogP contribution >= 0.6 is 0 Å². The maximum Gasteiger partial charge on any atom is 0.339 e. The van der Waals surface area contributed by atoms with Gasteiger partial charge >= 0.3 is 5.97 Å². The third-order valence-corrected chi connectivity index (χ3v) is 2.45. The number of aromatic carboxylic acids is 1. The van der Waals surface area contributed by atoms with Crippen molar-refractivity contribution >= 4 is 5.97 Å². The molecule has 0 unspecified atom stereocenters. The topological polar surface area (TPSA) is 55.8 Å². The van der Waals surface area contributed by atoms with Gasteiger partial charge in [0.25, 0.3) is 0 Å². The Morgan fingerprint density at radius 3 is 2.72 bits per heavy atom. The number of methoxy groups -OCH3 is 1. The Hall–Kier alpha value is -1.78. The summed E-state index contributed by atoms with van der Waals surface area (Å²) >= 11 is 0. The van der Waals surface area contributed by atoms with Crippen molar-refractivity contribution in [1.29, 1.82) is 0 Å². The van der Waals surface area contributed by atoms with Gasteiger partial charge in [-0.2, -0.15) is 0 Å². The number of carbonyl (C=O) groups is 1. The summed E-state index contributed by atoms with van der Waals surface area (Å²) in [6.45, 7) is 0.0347. The van der Waals surface area contributed by atoms with E-state index in [2.05, 4.69) is 0 Å². The van der Waals surface area contributed by atoms with E-state index in [1.807, 2.05) is 0 Å². The Morgan fingerprint density at radius 2 is 2.11 bits per heavy atom. The Morgan fingerprint density at radius 1 is 1.33 bits per heavy atom. The van der Waals surface area contributed by atoms with Crippen LogP contribution in [0.2, 0.25) is 0 Å². The molecule has 0 saturated carbocycles. The lowest BCUT2D eigenvalue weighted by molar-refractivity contribution is 0.0692. The number of alkyl halides is 1. The molecule has 0 bridgehead atoms. The first-order valence-electron chi connectivity index (χ1n) is 5.79. The second kappa shape index (κ2) is 7.53. The fraction of sp³-hybridized carbons (Fsp3) is 0.462. The predicted octanol–water partition coefficient (Wildman–Crippen LogP) is 2.91. The summed E-state index contributed by atoms with van der Waals surface area (Å²) in [5, 5.41) is 9.00. The highest BCUT2D eigenvalue weighted by Crippen LogP contribution is 2.25. The number of benzene rings is 1. The minimum atomic E-state index is -1.04. The van der Waals surface area contributed by atoms with Crippen LogP contribution in [-0.4, -0.2) is 31.5 Å². The molecule has 0 spiro atoms. The highest BCUT2D eigenvalue weighted by atomic mass is 19.1. The minimum Gasteiger partial charge on any atom is -0.497 e. The molecule has 0 fully saturated rings. The molecule has 0 radical (unpaired) electrons. The van der Waals surface area contributed by atoms with Crippen LogP contribution in [0.4, 0.5) is 4.39 Å². The molecule has 0 aliphatic carbocycles. The lowest BCUT2D eigenvalue weighted by atomic mass is 10.2. The Labute approximate surface area is 105 Å². The molecule has 0 amide bonds. The quantitative estimate of drug-likeness (QED) is 0.726. The molecular formula is C13H17FO4. The van der Waals surface area contributed by atoms with E-state index in [1.54, 1.807) is 12.1 Å². The molecule has 4 nitrogen and oxygen atoms in total. The molecule has 0 saturated heterocycles. The predicted molar refractivity (Wildman–Crippen MR) is 65.3 cm³/mol. The first-order chi connectivity index (χ1) is 8.69. The SMILES string of the molecule is COc1ccc(C(=O)O)c(OCCCCCF)c1. The molecule has 0 heterocycles. The van der Waals surface area contributed by atoms with Crippen LogP contribution in [0.15, 0.2) is 18.2 Å². The van der Waals surface area contributed by atoms with Crippen molar-refractivity contribution < 1.29 is 23.8 Å². The van der Waals surface area contributed by atoms with E-state index >= 15 is 0 Å². The van der Waals surface area contributed by atoms with E-state index in [4.69, 9.17) is 14.6 Å². The lowest BCUT2D eigenvalue weighted by Gasteiger charge is -2.10. The Kier molecular flexibility index (Phi) is 5.97. The monoisotopic (exact) mass is 256 g/mol. The van der Waals surface area contributed by atoms with Crippen LogP contribution in [0.3, 0.4) is 0 Å². The van der Waals surface area contributed by atoms with Gasteiger partial charge in [-0.3, -0.25) is 4.39 Å². The van der Waals surface area contributed by atoms with E-state index in [-0.39, 0.29) is 18.0 Å². The molecular weight excluding hydrogens is 239 g/mol. The van der Waals surface area contributed by atoms with Gasteiger partial charge in [0.05, 0.1) is 20.4 Å². The molecule has 18 heavy (non-hydrogen) atoms. The first kappa shape index (κ1) is 14.3. The molecule has 1 aromatic rings. The third kappa shape index (κ3) is 4.24. The fourth-order valence-electron chi connectivity index (χ4n) is 1.48. The van der Waals surface area contributed by atoms with Crippen LogP contribution in [-0.2, 0) is 0 Å². The summed E-state index contributed by atoms with van der Waals surface area (Å²) in [4.78, 5) is 11.0. The van der Waals surface area contributed by atoms with Crippen molar-refractivity contribution in [3.63, 3.8) is 0 Å². The molecule has 0 aliphatic rings. The summed E-state index contributed by atoms with van der Waals surface area (Å²) in [5.74, 6) is -0.225. The maximum atomic E-state index is 11.9. The largest absolute Gasteiger partial charge is 0.497 e.